The van der Waals surface area contributed by atoms with Gasteiger partial charge in [-0.3, -0.25) is 14.5 Å². The molecule has 3 fully saturated rings. The molecule has 158 valence electrons. The molecule has 0 bridgehead atoms. The Bertz CT molecular complexity index is 745. The van der Waals surface area contributed by atoms with E-state index in [2.05, 4.69) is 14.9 Å². The van der Waals surface area contributed by atoms with Crippen molar-refractivity contribution >= 4 is 17.8 Å². The number of anilines is 1. The van der Waals surface area contributed by atoms with E-state index in [9.17, 15) is 14.0 Å². The molecule has 9 heteroatoms. The van der Waals surface area contributed by atoms with Crippen molar-refractivity contribution < 1.29 is 18.7 Å². The summed E-state index contributed by atoms with van der Waals surface area (Å²) >= 11 is 0. The molecule has 2 saturated heterocycles. The minimum Gasteiger partial charge on any atom is -0.466 e. The zero-order valence-electron chi connectivity index (χ0n) is 16.8. The Kier molecular flexibility index (Phi) is 5.67. The molecular weight excluding hydrogens is 377 g/mol. The van der Waals surface area contributed by atoms with Crippen LogP contribution < -0.4 is 4.90 Å². The van der Waals surface area contributed by atoms with Gasteiger partial charge in [0.25, 0.3) is 5.91 Å². The molecule has 29 heavy (non-hydrogen) atoms. The summed E-state index contributed by atoms with van der Waals surface area (Å²) in [6, 6.07) is 1.73. The summed E-state index contributed by atoms with van der Waals surface area (Å²) in [5.41, 5.74) is -1.68. The van der Waals surface area contributed by atoms with E-state index in [1.165, 1.54) is 0 Å². The molecule has 1 aromatic rings. The molecule has 4 rings (SSSR count). The van der Waals surface area contributed by atoms with E-state index >= 15 is 0 Å². The van der Waals surface area contributed by atoms with Crippen molar-refractivity contribution in [3.63, 3.8) is 0 Å². The summed E-state index contributed by atoms with van der Waals surface area (Å²) in [7, 11) is 0. The zero-order valence-corrected chi connectivity index (χ0v) is 16.8. The van der Waals surface area contributed by atoms with E-state index < -0.39 is 5.67 Å². The van der Waals surface area contributed by atoms with Crippen LogP contribution in [0.3, 0.4) is 0 Å². The summed E-state index contributed by atoms with van der Waals surface area (Å²) in [5.74, 6) is -0.389. The van der Waals surface area contributed by atoms with Crippen molar-refractivity contribution in [2.24, 2.45) is 5.92 Å². The van der Waals surface area contributed by atoms with E-state index in [4.69, 9.17) is 4.74 Å². The maximum Gasteiger partial charge on any atom is 0.312 e. The molecule has 3 heterocycles. The summed E-state index contributed by atoms with van der Waals surface area (Å²) < 4.78 is 20.0. The van der Waals surface area contributed by atoms with Gasteiger partial charge in [0, 0.05) is 57.7 Å². The van der Waals surface area contributed by atoms with Crippen LogP contribution in [-0.2, 0) is 14.3 Å². The number of fused-ring (bicyclic) bond motifs is 1. The van der Waals surface area contributed by atoms with Crippen LogP contribution in [-0.4, -0.2) is 89.2 Å². The zero-order chi connectivity index (χ0) is 20.4. The van der Waals surface area contributed by atoms with Gasteiger partial charge in [-0.05, 0) is 32.3 Å². The van der Waals surface area contributed by atoms with Crippen LogP contribution in [0.2, 0.25) is 0 Å². The number of amides is 1. The molecule has 2 aliphatic heterocycles. The lowest BCUT2D eigenvalue weighted by Gasteiger charge is -2.44. The monoisotopic (exact) mass is 405 g/mol. The lowest BCUT2D eigenvalue weighted by molar-refractivity contribution is -0.154. The molecule has 2 atom stereocenters. The van der Waals surface area contributed by atoms with Gasteiger partial charge in [0.05, 0.1) is 12.5 Å². The smallest absolute Gasteiger partial charge is 0.312 e. The van der Waals surface area contributed by atoms with Crippen LogP contribution in [0.5, 0.6) is 0 Å². The number of carbonyl (C=O) groups is 2. The van der Waals surface area contributed by atoms with Gasteiger partial charge in [0.1, 0.15) is 0 Å². The van der Waals surface area contributed by atoms with Gasteiger partial charge in [-0.25, -0.2) is 14.4 Å². The lowest BCUT2D eigenvalue weighted by atomic mass is 9.80. The SMILES string of the molecule is CCOC(=O)[C@H]1CN(c2ncccn2)C[C@H]2CN(C(=O)C3(F)CCC3)CCN2C1. The third-order valence-corrected chi connectivity index (χ3v) is 6.20. The Morgan fingerprint density at radius 3 is 2.59 bits per heavy atom. The number of alkyl halides is 1. The molecule has 0 spiro atoms. The molecule has 8 nitrogen and oxygen atoms in total. The topological polar surface area (TPSA) is 78.9 Å². The Morgan fingerprint density at radius 1 is 1.17 bits per heavy atom. The van der Waals surface area contributed by atoms with E-state index in [1.54, 1.807) is 30.3 Å². The highest BCUT2D eigenvalue weighted by molar-refractivity contribution is 5.86. The second-order valence-corrected chi connectivity index (χ2v) is 8.12. The first-order valence-corrected chi connectivity index (χ1v) is 10.4. The number of carbonyl (C=O) groups excluding carboxylic acids is 2. The van der Waals surface area contributed by atoms with Crippen molar-refractivity contribution in [2.45, 2.75) is 37.9 Å². The summed E-state index contributed by atoms with van der Waals surface area (Å²) in [5, 5.41) is 0. The second kappa shape index (κ2) is 8.22. The average molecular weight is 405 g/mol. The van der Waals surface area contributed by atoms with E-state index in [-0.39, 0.29) is 23.8 Å². The molecule has 0 aromatic carbocycles. The highest BCUT2D eigenvalue weighted by Gasteiger charge is 2.48. The van der Waals surface area contributed by atoms with Crippen molar-refractivity contribution in [1.29, 1.82) is 0 Å². The fourth-order valence-electron chi connectivity index (χ4n) is 4.44. The molecule has 0 radical (unpaired) electrons. The van der Waals surface area contributed by atoms with Crippen molar-refractivity contribution in [1.82, 2.24) is 19.8 Å². The third-order valence-electron chi connectivity index (χ3n) is 6.20. The molecule has 1 aliphatic carbocycles. The summed E-state index contributed by atoms with van der Waals surface area (Å²) in [6.45, 7) is 5.26. The average Bonchev–Trinajstić information content (AvgIpc) is 2.91. The second-order valence-electron chi connectivity index (χ2n) is 8.12. The van der Waals surface area contributed by atoms with Crippen LogP contribution in [0, 0.1) is 5.92 Å². The molecule has 3 aliphatic rings. The van der Waals surface area contributed by atoms with Gasteiger partial charge in [-0.15, -0.1) is 0 Å². The van der Waals surface area contributed by atoms with Gasteiger partial charge in [0.15, 0.2) is 5.67 Å². The fraction of sp³-hybridized carbons (Fsp3) is 0.700. The molecular formula is C20H28FN5O3. The molecule has 1 amide bonds. The van der Waals surface area contributed by atoms with Crippen LogP contribution in [0.1, 0.15) is 26.2 Å². The largest absolute Gasteiger partial charge is 0.466 e. The Balaban J connectivity index is 1.53. The normalized spacial score (nSPS) is 26.8. The number of nitrogens with zero attached hydrogens (tertiary/aromatic N) is 5. The highest BCUT2D eigenvalue weighted by Crippen LogP contribution is 2.38. The minimum atomic E-state index is -1.68. The Hall–Kier alpha value is -2.29. The number of rotatable bonds is 4. The summed E-state index contributed by atoms with van der Waals surface area (Å²) in [6.07, 6.45) is 4.76. The fourth-order valence-corrected chi connectivity index (χ4v) is 4.44. The molecule has 1 saturated carbocycles. The van der Waals surface area contributed by atoms with Crippen LogP contribution in [0.25, 0.3) is 0 Å². The van der Waals surface area contributed by atoms with Crippen molar-refractivity contribution in [2.75, 3.05) is 50.8 Å². The number of aromatic nitrogens is 2. The Labute approximate surface area is 170 Å². The molecule has 0 N–H and O–H groups in total. The predicted octanol–water partition coefficient (Wildman–Crippen LogP) is 0.881. The van der Waals surface area contributed by atoms with Crippen LogP contribution in [0.4, 0.5) is 10.3 Å². The number of halogens is 1. The maximum atomic E-state index is 14.7. The summed E-state index contributed by atoms with van der Waals surface area (Å²) in [4.78, 5) is 39.8. The van der Waals surface area contributed by atoms with E-state index in [1.807, 2.05) is 4.90 Å². The van der Waals surface area contributed by atoms with Crippen molar-refractivity contribution in [3.8, 4) is 0 Å². The number of hydrogen-bond donors (Lipinski definition) is 0. The van der Waals surface area contributed by atoms with E-state index in [0.29, 0.717) is 64.7 Å². The lowest BCUT2D eigenvalue weighted by Crippen LogP contribution is -2.61. The van der Waals surface area contributed by atoms with Crippen molar-refractivity contribution in [3.05, 3.63) is 18.5 Å². The highest BCUT2D eigenvalue weighted by atomic mass is 19.1. The molecule has 1 aromatic heterocycles. The quantitative estimate of drug-likeness (QED) is 0.688. The number of hydrogen-bond acceptors (Lipinski definition) is 7. The van der Waals surface area contributed by atoms with Crippen LogP contribution in [0.15, 0.2) is 18.5 Å². The van der Waals surface area contributed by atoms with Gasteiger partial charge in [-0.2, -0.15) is 0 Å². The van der Waals surface area contributed by atoms with Gasteiger partial charge in [0.2, 0.25) is 5.95 Å². The first-order valence-electron chi connectivity index (χ1n) is 10.4. The minimum absolute atomic E-state index is 0.0143. The Morgan fingerprint density at radius 2 is 1.93 bits per heavy atom. The third kappa shape index (κ3) is 4.05. The van der Waals surface area contributed by atoms with Crippen LogP contribution >= 0.6 is 0 Å². The maximum absolute atomic E-state index is 14.7. The number of piperazine rings is 1. The first kappa shape index (κ1) is 20.0. The van der Waals surface area contributed by atoms with E-state index in [0.717, 1.165) is 6.42 Å². The first-order chi connectivity index (χ1) is 14.0. The molecule has 0 unspecified atom stereocenters. The number of esters is 1. The number of ether oxygens (including phenoxy) is 1. The van der Waals surface area contributed by atoms with Gasteiger partial charge >= 0.3 is 5.97 Å². The van der Waals surface area contributed by atoms with Gasteiger partial charge in [-0.1, -0.05) is 0 Å². The van der Waals surface area contributed by atoms with Gasteiger partial charge < -0.3 is 14.5 Å². The predicted molar refractivity (Wildman–Crippen MR) is 104 cm³/mol. The standard InChI is InChI=1S/C20H28FN5O3/c1-2-29-17(27)15-11-24-9-10-25(18(28)20(21)5-3-6-20)13-16(24)14-26(12-15)19-22-7-4-8-23-19/h4,7-8,15-16H,2-3,5-6,9-14H2,1H3/t15-,16-/m1/s1.